The first-order valence-electron chi connectivity index (χ1n) is 7.70. The normalized spacial score (nSPS) is 12.3. The maximum absolute atomic E-state index is 14.0. The summed E-state index contributed by atoms with van der Waals surface area (Å²) >= 11 is 1.49. The molecule has 126 valence electrons. The molecule has 0 fully saturated rings. The van der Waals surface area contributed by atoms with Gasteiger partial charge < -0.3 is 10.4 Å². The lowest BCUT2D eigenvalue weighted by Gasteiger charge is -2.12. The average Bonchev–Trinajstić information content (AvgIpc) is 3.15. The molecule has 0 radical (unpaired) electrons. The summed E-state index contributed by atoms with van der Waals surface area (Å²) in [6.45, 7) is 4.49. The van der Waals surface area contributed by atoms with Crippen molar-refractivity contribution in [1.29, 1.82) is 0 Å². The monoisotopic (exact) mass is 346 g/mol. The second-order valence-corrected chi connectivity index (χ2v) is 6.56. The quantitative estimate of drug-likeness (QED) is 0.716. The summed E-state index contributed by atoms with van der Waals surface area (Å²) in [6.07, 6.45) is 3.57. The lowest BCUT2D eigenvalue weighted by Crippen LogP contribution is -2.06. The van der Waals surface area contributed by atoms with Gasteiger partial charge in [-0.15, -0.1) is 11.3 Å². The minimum atomic E-state index is -0.260. The zero-order valence-corrected chi connectivity index (χ0v) is 14.3. The van der Waals surface area contributed by atoms with Crippen LogP contribution in [0.2, 0.25) is 0 Å². The summed E-state index contributed by atoms with van der Waals surface area (Å²) in [6, 6.07) is 6.70. The zero-order valence-electron chi connectivity index (χ0n) is 13.5. The molecule has 0 spiro atoms. The van der Waals surface area contributed by atoms with Gasteiger partial charge in [-0.05, 0) is 26.0 Å². The molecule has 1 atom stereocenters. The van der Waals surface area contributed by atoms with Gasteiger partial charge in [0.2, 0.25) is 0 Å². The van der Waals surface area contributed by atoms with Gasteiger partial charge >= 0.3 is 0 Å². The van der Waals surface area contributed by atoms with Crippen molar-refractivity contribution in [3.63, 3.8) is 0 Å². The van der Waals surface area contributed by atoms with Crippen molar-refractivity contribution in [3.8, 4) is 10.6 Å². The second kappa shape index (κ2) is 7.11. The van der Waals surface area contributed by atoms with Gasteiger partial charge in [-0.1, -0.05) is 12.1 Å². The number of hydrogen-bond donors (Lipinski definition) is 2. The van der Waals surface area contributed by atoms with Gasteiger partial charge in [0.25, 0.3) is 0 Å². The first-order valence-corrected chi connectivity index (χ1v) is 8.52. The number of nitrogens with one attached hydrogen (secondary N) is 1. The van der Waals surface area contributed by atoms with E-state index in [1.807, 2.05) is 26.1 Å². The van der Waals surface area contributed by atoms with E-state index in [9.17, 15) is 4.39 Å². The largest absolute Gasteiger partial charge is 0.394 e. The molecule has 2 heterocycles. The van der Waals surface area contributed by atoms with Crippen molar-refractivity contribution in [3.05, 3.63) is 53.0 Å². The molecule has 0 bridgehead atoms. The molecule has 2 N–H and O–H groups in total. The van der Waals surface area contributed by atoms with Gasteiger partial charge in [0.1, 0.15) is 10.8 Å². The Hall–Kier alpha value is -2.25. The maximum Gasteiger partial charge on any atom is 0.133 e. The van der Waals surface area contributed by atoms with Crippen molar-refractivity contribution in [1.82, 2.24) is 14.8 Å². The first kappa shape index (κ1) is 16.6. The van der Waals surface area contributed by atoms with E-state index in [4.69, 9.17) is 5.11 Å². The molecular weight excluding hydrogens is 327 g/mol. The van der Waals surface area contributed by atoms with Gasteiger partial charge in [0.15, 0.2) is 0 Å². The molecule has 1 aromatic carbocycles. The van der Waals surface area contributed by atoms with Gasteiger partial charge in [-0.2, -0.15) is 5.10 Å². The maximum atomic E-state index is 14.0. The number of halogens is 1. The van der Waals surface area contributed by atoms with Gasteiger partial charge in [0.05, 0.1) is 36.8 Å². The number of hydrogen-bond acceptors (Lipinski definition) is 5. The standard InChI is InChI=1S/C17H19FN4OS/c1-11(20-13-9-19-22(10-13)7-8-23)16-12(2)21-17(24-16)14-5-3-4-6-15(14)18/h3-6,9-11,20,23H,7-8H2,1-2H3. The number of aliphatic hydroxyl groups excluding tert-OH is 1. The van der Waals surface area contributed by atoms with Crippen molar-refractivity contribution in [2.75, 3.05) is 11.9 Å². The smallest absolute Gasteiger partial charge is 0.133 e. The molecule has 0 amide bonds. The highest BCUT2D eigenvalue weighted by atomic mass is 32.1. The van der Waals surface area contributed by atoms with Crippen LogP contribution in [-0.4, -0.2) is 26.5 Å². The molecular formula is C17H19FN4OS. The SMILES string of the molecule is Cc1nc(-c2ccccc2F)sc1C(C)Nc1cnn(CCO)c1. The average molecular weight is 346 g/mol. The number of benzene rings is 1. The molecule has 1 unspecified atom stereocenters. The highest BCUT2D eigenvalue weighted by molar-refractivity contribution is 7.15. The van der Waals surface area contributed by atoms with E-state index in [-0.39, 0.29) is 18.5 Å². The summed E-state index contributed by atoms with van der Waals surface area (Å²) < 4.78 is 15.6. The van der Waals surface area contributed by atoms with Gasteiger partial charge in [0, 0.05) is 16.6 Å². The predicted octanol–water partition coefficient (Wildman–Crippen LogP) is 3.62. The molecule has 0 saturated carbocycles. The number of nitrogens with zero attached hydrogens (tertiary/aromatic N) is 3. The lowest BCUT2D eigenvalue weighted by atomic mass is 10.2. The van der Waals surface area contributed by atoms with Crippen LogP contribution in [0.1, 0.15) is 23.5 Å². The third-order valence-electron chi connectivity index (χ3n) is 3.68. The van der Waals surface area contributed by atoms with Crippen LogP contribution in [0.5, 0.6) is 0 Å². The first-order chi connectivity index (χ1) is 11.6. The Kier molecular flexibility index (Phi) is 4.92. The molecule has 0 aliphatic carbocycles. The minimum absolute atomic E-state index is 0.0230. The number of thiazole rings is 1. The van der Waals surface area contributed by atoms with E-state index in [2.05, 4.69) is 15.4 Å². The number of anilines is 1. The van der Waals surface area contributed by atoms with Crippen LogP contribution in [0.15, 0.2) is 36.7 Å². The summed E-state index contributed by atoms with van der Waals surface area (Å²) in [5, 5.41) is 17.2. The van der Waals surface area contributed by atoms with E-state index in [0.717, 1.165) is 16.3 Å². The molecule has 24 heavy (non-hydrogen) atoms. The summed E-state index contributed by atoms with van der Waals surface area (Å²) in [5.74, 6) is -0.260. The van der Waals surface area contributed by atoms with E-state index in [1.54, 1.807) is 23.0 Å². The highest BCUT2D eigenvalue weighted by Gasteiger charge is 2.17. The summed E-state index contributed by atoms with van der Waals surface area (Å²) in [7, 11) is 0. The number of aromatic nitrogens is 3. The minimum Gasteiger partial charge on any atom is -0.394 e. The van der Waals surface area contributed by atoms with E-state index in [1.165, 1.54) is 17.4 Å². The van der Waals surface area contributed by atoms with Crippen LogP contribution in [0.3, 0.4) is 0 Å². The van der Waals surface area contributed by atoms with Crippen LogP contribution in [-0.2, 0) is 6.54 Å². The third kappa shape index (κ3) is 3.47. The van der Waals surface area contributed by atoms with Gasteiger partial charge in [-0.25, -0.2) is 9.37 Å². The molecule has 0 saturated heterocycles. The Bertz CT molecular complexity index is 830. The molecule has 3 aromatic rings. The van der Waals surface area contributed by atoms with E-state index >= 15 is 0 Å². The molecule has 0 aliphatic heterocycles. The van der Waals surface area contributed by atoms with Gasteiger partial charge in [-0.3, -0.25) is 4.68 Å². The number of aryl methyl sites for hydroxylation is 1. The van der Waals surface area contributed by atoms with Crippen LogP contribution in [0.4, 0.5) is 10.1 Å². The Labute approximate surface area is 143 Å². The lowest BCUT2D eigenvalue weighted by molar-refractivity contribution is 0.269. The highest BCUT2D eigenvalue weighted by Crippen LogP contribution is 2.34. The number of aliphatic hydroxyl groups is 1. The third-order valence-corrected chi connectivity index (χ3v) is 5.05. The van der Waals surface area contributed by atoms with Crippen molar-refractivity contribution in [2.45, 2.75) is 26.4 Å². The van der Waals surface area contributed by atoms with E-state index in [0.29, 0.717) is 17.1 Å². The van der Waals surface area contributed by atoms with Crippen LogP contribution < -0.4 is 5.32 Å². The topological polar surface area (TPSA) is 63.0 Å². The predicted molar refractivity (Wildman–Crippen MR) is 93.6 cm³/mol. The fraction of sp³-hybridized carbons (Fsp3) is 0.294. The Morgan fingerprint density at radius 2 is 2.17 bits per heavy atom. The van der Waals surface area contributed by atoms with Crippen molar-refractivity contribution in [2.24, 2.45) is 0 Å². The number of rotatable bonds is 6. The summed E-state index contributed by atoms with van der Waals surface area (Å²) in [4.78, 5) is 5.58. The van der Waals surface area contributed by atoms with Crippen molar-refractivity contribution >= 4 is 17.0 Å². The fourth-order valence-electron chi connectivity index (χ4n) is 2.54. The fourth-order valence-corrected chi connectivity index (χ4v) is 3.63. The summed E-state index contributed by atoms with van der Waals surface area (Å²) in [5.41, 5.74) is 2.29. The van der Waals surface area contributed by atoms with Crippen LogP contribution in [0, 0.1) is 12.7 Å². The Morgan fingerprint density at radius 3 is 2.92 bits per heavy atom. The van der Waals surface area contributed by atoms with Crippen LogP contribution in [0.25, 0.3) is 10.6 Å². The van der Waals surface area contributed by atoms with E-state index < -0.39 is 0 Å². The van der Waals surface area contributed by atoms with Crippen molar-refractivity contribution < 1.29 is 9.50 Å². The second-order valence-electron chi connectivity index (χ2n) is 5.53. The van der Waals surface area contributed by atoms with Crippen LogP contribution >= 0.6 is 11.3 Å². The Balaban J connectivity index is 1.80. The molecule has 0 aliphatic rings. The Morgan fingerprint density at radius 1 is 1.38 bits per heavy atom. The molecule has 5 nitrogen and oxygen atoms in total. The molecule has 3 rings (SSSR count). The molecule has 2 aromatic heterocycles. The zero-order chi connectivity index (χ0) is 17.1. The molecule has 7 heteroatoms.